The molecule has 1 fully saturated rings. The third kappa shape index (κ3) is 3.05. The van der Waals surface area contributed by atoms with E-state index in [4.69, 9.17) is 5.73 Å². The van der Waals surface area contributed by atoms with E-state index in [0.29, 0.717) is 24.3 Å². The summed E-state index contributed by atoms with van der Waals surface area (Å²) in [6, 6.07) is 6.12. The molecule has 0 bridgehead atoms. The number of amides is 1. The smallest absolute Gasteiger partial charge is 0.240 e. The van der Waals surface area contributed by atoms with Gasteiger partial charge in [-0.05, 0) is 37.6 Å². The van der Waals surface area contributed by atoms with Crippen LogP contribution in [0.3, 0.4) is 0 Å². The molecule has 6 nitrogen and oxygen atoms in total. The maximum atomic E-state index is 11.8. The fourth-order valence-corrected chi connectivity index (χ4v) is 3.46. The molecule has 19 heavy (non-hydrogen) atoms. The topological polar surface area (TPSA) is 92.5 Å². The molecular weight excluding hydrogens is 266 g/mol. The fraction of sp³-hybridized carbons (Fsp3) is 0.417. The first-order valence-electron chi connectivity index (χ1n) is 6.07. The van der Waals surface area contributed by atoms with Crippen LogP contribution in [-0.2, 0) is 14.8 Å². The van der Waals surface area contributed by atoms with Gasteiger partial charge in [0.2, 0.25) is 15.9 Å². The van der Waals surface area contributed by atoms with Crippen molar-refractivity contribution >= 4 is 27.3 Å². The number of nitrogens with two attached hydrogens (primary N) is 1. The number of nitrogens with one attached hydrogen (secondary N) is 1. The van der Waals surface area contributed by atoms with Crippen molar-refractivity contribution in [3.05, 3.63) is 24.3 Å². The summed E-state index contributed by atoms with van der Waals surface area (Å²) in [5.74, 6) is -0.0857. The van der Waals surface area contributed by atoms with Gasteiger partial charge in [0.15, 0.2) is 0 Å². The lowest BCUT2D eigenvalue weighted by Crippen LogP contribution is -2.32. The van der Waals surface area contributed by atoms with Gasteiger partial charge in [0.25, 0.3) is 0 Å². The summed E-state index contributed by atoms with van der Waals surface area (Å²) < 4.78 is 24.9. The van der Waals surface area contributed by atoms with Gasteiger partial charge in [-0.15, -0.1) is 0 Å². The predicted octanol–water partition coefficient (Wildman–Crippen LogP) is 0.512. The van der Waals surface area contributed by atoms with Crippen LogP contribution in [-0.4, -0.2) is 32.7 Å². The predicted molar refractivity (Wildman–Crippen MR) is 74.5 cm³/mol. The van der Waals surface area contributed by atoms with E-state index < -0.39 is 16.1 Å². The highest BCUT2D eigenvalue weighted by atomic mass is 32.2. The number of anilines is 2. The van der Waals surface area contributed by atoms with Gasteiger partial charge in [-0.25, -0.2) is 8.42 Å². The van der Waals surface area contributed by atoms with Crippen LogP contribution in [0.1, 0.15) is 13.3 Å². The van der Waals surface area contributed by atoms with Crippen LogP contribution in [0.25, 0.3) is 0 Å². The number of benzene rings is 1. The van der Waals surface area contributed by atoms with Crippen LogP contribution in [0.5, 0.6) is 0 Å². The molecule has 0 aromatic heterocycles. The van der Waals surface area contributed by atoms with E-state index in [2.05, 4.69) is 5.32 Å². The van der Waals surface area contributed by atoms with Crippen LogP contribution < -0.4 is 15.4 Å². The second-order valence-electron chi connectivity index (χ2n) is 4.57. The Hall–Kier alpha value is -1.60. The van der Waals surface area contributed by atoms with Gasteiger partial charge < -0.3 is 11.1 Å². The summed E-state index contributed by atoms with van der Waals surface area (Å²) in [5.41, 5.74) is 6.67. The van der Waals surface area contributed by atoms with Crippen molar-refractivity contribution < 1.29 is 13.2 Å². The molecule has 0 aliphatic carbocycles. The van der Waals surface area contributed by atoms with Crippen molar-refractivity contribution in [2.24, 2.45) is 5.73 Å². The number of rotatable bonds is 3. The Morgan fingerprint density at radius 1 is 1.37 bits per heavy atom. The summed E-state index contributed by atoms with van der Waals surface area (Å²) in [6.07, 6.45) is 0.644. The molecule has 1 amide bonds. The second-order valence-corrected chi connectivity index (χ2v) is 6.58. The Bertz CT molecular complexity index is 566. The lowest BCUT2D eigenvalue weighted by atomic mass is 10.2. The van der Waals surface area contributed by atoms with Crippen LogP contribution >= 0.6 is 0 Å². The van der Waals surface area contributed by atoms with Gasteiger partial charge in [0, 0.05) is 12.2 Å². The zero-order valence-electron chi connectivity index (χ0n) is 10.7. The zero-order chi connectivity index (χ0) is 14.0. The monoisotopic (exact) mass is 283 g/mol. The summed E-state index contributed by atoms with van der Waals surface area (Å²) in [7, 11) is -3.16. The van der Waals surface area contributed by atoms with E-state index in [0.717, 1.165) is 0 Å². The third-order valence-electron chi connectivity index (χ3n) is 2.94. The first-order valence-corrected chi connectivity index (χ1v) is 7.68. The normalized spacial score (nSPS) is 19.2. The van der Waals surface area contributed by atoms with Gasteiger partial charge in [-0.3, -0.25) is 9.10 Å². The molecule has 3 N–H and O–H groups in total. The molecule has 2 rings (SSSR count). The maximum absolute atomic E-state index is 11.8. The highest BCUT2D eigenvalue weighted by Crippen LogP contribution is 2.25. The summed E-state index contributed by atoms with van der Waals surface area (Å²) in [4.78, 5) is 11.4. The Kier molecular flexibility index (Phi) is 3.77. The molecule has 0 spiro atoms. The van der Waals surface area contributed by atoms with Crippen molar-refractivity contribution in [3.8, 4) is 0 Å². The average molecular weight is 283 g/mol. The molecule has 1 atom stereocenters. The van der Waals surface area contributed by atoms with Crippen molar-refractivity contribution in [2.45, 2.75) is 19.4 Å². The van der Waals surface area contributed by atoms with E-state index in [1.165, 1.54) is 4.31 Å². The van der Waals surface area contributed by atoms with Crippen molar-refractivity contribution in [3.63, 3.8) is 0 Å². The molecule has 104 valence electrons. The minimum atomic E-state index is -3.16. The van der Waals surface area contributed by atoms with Crippen LogP contribution in [0.2, 0.25) is 0 Å². The highest BCUT2D eigenvalue weighted by Gasteiger charge is 2.28. The van der Waals surface area contributed by atoms with Gasteiger partial charge in [0.05, 0.1) is 17.5 Å². The molecule has 1 heterocycles. The van der Waals surface area contributed by atoms with Crippen LogP contribution in [0.4, 0.5) is 11.4 Å². The fourth-order valence-electron chi connectivity index (χ4n) is 1.90. The zero-order valence-corrected chi connectivity index (χ0v) is 11.5. The van der Waals surface area contributed by atoms with Crippen LogP contribution in [0.15, 0.2) is 24.3 Å². The molecule has 1 aromatic rings. The number of nitrogens with zero attached hydrogens (tertiary/aromatic N) is 1. The lowest BCUT2D eigenvalue weighted by molar-refractivity contribution is -0.117. The Morgan fingerprint density at radius 2 is 2.00 bits per heavy atom. The van der Waals surface area contributed by atoms with E-state index >= 15 is 0 Å². The molecule has 7 heteroatoms. The SMILES string of the molecule is CC(N)C(=O)Nc1ccc(N2CCCS2(=O)=O)cc1. The summed E-state index contributed by atoms with van der Waals surface area (Å²) in [5, 5.41) is 2.65. The third-order valence-corrected chi connectivity index (χ3v) is 4.81. The minimum absolute atomic E-state index is 0.191. The second kappa shape index (κ2) is 5.18. The quantitative estimate of drug-likeness (QED) is 0.845. The van der Waals surface area contributed by atoms with Gasteiger partial charge in [-0.2, -0.15) is 0 Å². The minimum Gasteiger partial charge on any atom is -0.325 e. The van der Waals surface area contributed by atoms with Gasteiger partial charge in [-0.1, -0.05) is 0 Å². The van der Waals surface area contributed by atoms with E-state index in [-0.39, 0.29) is 11.7 Å². The number of carbonyl (C=O) groups is 1. The molecule has 0 saturated carbocycles. The number of carbonyl (C=O) groups excluding carboxylic acids is 1. The van der Waals surface area contributed by atoms with Crippen molar-refractivity contribution in [1.29, 1.82) is 0 Å². The van der Waals surface area contributed by atoms with E-state index in [1.807, 2.05) is 0 Å². The molecular formula is C12H17N3O3S. The Balaban J connectivity index is 2.13. The maximum Gasteiger partial charge on any atom is 0.240 e. The number of sulfonamides is 1. The summed E-state index contributed by atoms with van der Waals surface area (Å²) >= 11 is 0. The first kappa shape index (κ1) is 13.8. The van der Waals surface area contributed by atoms with Gasteiger partial charge >= 0.3 is 0 Å². The number of hydrogen-bond acceptors (Lipinski definition) is 4. The molecule has 1 unspecified atom stereocenters. The Labute approximate surface area is 112 Å². The van der Waals surface area contributed by atoms with Crippen molar-refractivity contribution in [1.82, 2.24) is 0 Å². The van der Waals surface area contributed by atoms with Gasteiger partial charge in [0.1, 0.15) is 0 Å². The van der Waals surface area contributed by atoms with Crippen LogP contribution in [0, 0.1) is 0 Å². The Morgan fingerprint density at radius 3 is 2.47 bits per heavy atom. The largest absolute Gasteiger partial charge is 0.325 e. The summed E-state index contributed by atoms with van der Waals surface area (Å²) in [6.45, 7) is 2.11. The average Bonchev–Trinajstić information content (AvgIpc) is 2.70. The van der Waals surface area contributed by atoms with E-state index in [9.17, 15) is 13.2 Å². The van der Waals surface area contributed by atoms with Crippen molar-refractivity contribution in [2.75, 3.05) is 21.9 Å². The number of hydrogen-bond donors (Lipinski definition) is 2. The molecule has 1 aliphatic heterocycles. The molecule has 1 saturated heterocycles. The molecule has 0 radical (unpaired) electrons. The molecule has 1 aliphatic rings. The lowest BCUT2D eigenvalue weighted by Gasteiger charge is -2.17. The highest BCUT2D eigenvalue weighted by molar-refractivity contribution is 7.93. The molecule has 1 aromatic carbocycles. The standard InChI is InChI=1S/C12H17N3O3S/c1-9(13)12(16)14-10-3-5-11(6-4-10)15-7-2-8-19(15,17)18/h3-6,9H,2,7-8,13H2,1H3,(H,14,16). The van der Waals surface area contributed by atoms with E-state index in [1.54, 1.807) is 31.2 Å². The first-order chi connectivity index (χ1) is 8.90.